The van der Waals surface area contributed by atoms with Crippen molar-refractivity contribution in [3.63, 3.8) is 0 Å². The minimum absolute atomic E-state index is 0.0297. The second kappa shape index (κ2) is 8.63. The van der Waals surface area contributed by atoms with E-state index >= 15 is 0 Å². The average Bonchev–Trinajstić information content (AvgIpc) is 3.15. The molecule has 2 saturated heterocycles. The van der Waals surface area contributed by atoms with Crippen molar-refractivity contribution in [3.05, 3.63) is 43.0 Å². The van der Waals surface area contributed by atoms with Crippen molar-refractivity contribution >= 4 is 9.84 Å². The number of methoxy groups -OCH3 is 1. The molecule has 2 aliphatic rings. The van der Waals surface area contributed by atoms with Crippen molar-refractivity contribution in [3.8, 4) is 0 Å². The predicted octanol–water partition coefficient (Wildman–Crippen LogP) is 2.98. The number of hydrogen-bond donors (Lipinski definition) is 0. The second-order valence-electron chi connectivity index (χ2n) is 7.88. The van der Waals surface area contributed by atoms with Crippen LogP contribution < -0.4 is 0 Å². The van der Waals surface area contributed by atoms with Crippen LogP contribution in [0.1, 0.15) is 26.7 Å². The summed E-state index contributed by atoms with van der Waals surface area (Å²) in [5.41, 5.74) is 0. The lowest BCUT2D eigenvalue weighted by Crippen LogP contribution is -2.36. The smallest absolute Gasteiger partial charge is 0.178 e. The summed E-state index contributed by atoms with van der Waals surface area (Å²) in [5, 5.41) is 0. The fourth-order valence-electron chi connectivity index (χ4n) is 4.12. The zero-order valence-electron chi connectivity index (χ0n) is 16.7. The van der Waals surface area contributed by atoms with Gasteiger partial charge in [-0.1, -0.05) is 24.3 Å². The van der Waals surface area contributed by atoms with E-state index in [2.05, 4.69) is 6.58 Å². The lowest BCUT2D eigenvalue weighted by Gasteiger charge is -2.24. The van der Waals surface area contributed by atoms with Gasteiger partial charge in [0.15, 0.2) is 15.6 Å². The Morgan fingerprint density at radius 2 is 1.96 bits per heavy atom. The molecule has 2 aliphatic heterocycles. The van der Waals surface area contributed by atoms with Gasteiger partial charge in [-0.25, -0.2) is 8.42 Å². The van der Waals surface area contributed by atoms with Gasteiger partial charge in [0, 0.05) is 19.4 Å². The number of hydrogen-bond acceptors (Lipinski definition) is 6. The molecule has 2 heterocycles. The molecule has 0 saturated carbocycles. The molecule has 1 aromatic carbocycles. The molecule has 2 fully saturated rings. The first kappa shape index (κ1) is 21.5. The summed E-state index contributed by atoms with van der Waals surface area (Å²) < 4.78 is 49.4. The second-order valence-corrected chi connectivity index (χ2v) is 9.92. The van der Waals surface area contributed by atoms with Crippen LogP contribution in [-0.2, 0) is 28.8 Å². The largest absolute Gasteiger partial charge is 0.378 e. The third kappa shape index (κ3) is 4.83. The van der Waals surface area contributed by atoms with E-state index in [0.717, 1.165) is 0 Å². The highest BCUT2D eigenvalue weighted by Crippen LogP contribution is 2.37. The van der Waals surface area contributed by atoms with Crippen molar-refractivity contribution in [2.75, 3.05) is 19.5 Å². The van der Waals surface area contributed by atoms with Crippen LogP contribution in [0.2, 0.25) is 0 Å². The van der Waals surface area contributed by atoms with Crippen LogP contribution in [0.25, 0.3) is 0 Å². The summed E-state index contributed by atoms with van der Waals surface area (Å²) in [7, 11) is -1.85. The van der Waals surface area contributed by atoms with Crippen LogP contribution in [0.4, 0.5) is 0 Å². The van der Waals surface area contributed by atoms with E-state index in [-0.39, 0.29) is 36.1 Å². The van der Waals surface area contributed by atoms with Gasteiger partial charge < -0.3 is 18.9 Å². The molecule has 0 radical (unpaired) electrons. The highest BCUT2D eigenvalue weighted by molar-refractivity contribution is 7.91. The van der Waals surface area contributed by atoms with Crippen LogP contribution in [0.15, 0.2) is 47.9 Å². The van der Waals surface area contributed by atoms with Crippen molar-refractivity contribution in [1.29, 1.82) is 0 Å². The lowest BCUT2D eigenvalue weighted by atomic mass is 9.94. The Balaban J connectivity index is 1.77. The molecule has 0 N–H and O–H groups in total. The molecule has 1 aromatic rings. The molecule has 7 heteroatoms. The van der Waals surface area contributed by atoms with Gasteiger partial charge >= 0.3 is 0 Å². The third-order valence-electron chi connectivity index (χ3n) is 5.36. The van der Waals surface area contributed by atoms with Crippen LogP contribution in [0.3, 0.4) is 0 Å². The molecule has 28 heavy (non-hydrogen) atoms. The zero-order chi connectivity index (χ0) is 20.4. The number of sulfone groups is 1. The maximum Gasteiger partial charge on any atom is 0.178 e. The number of benzene rings is 1. The van der Waals surface area contributed by atoms with Crippen LogP contribution >= 0.6 is 0 Å². The highest BCUT2D eigenvalue weighted by Gasteiger charge is 2.48. The van der Waals surface area contributed by atoms with E-state index in [0.29, 0.717) is 24.3 Å². The molecular weight excluding hydrogens is 380 g/mol. The fourth-order valence-corrected chi connectivity index (χ4v) is 5.79. The van der Waals surface area contributed by atoms with E-state index < -0.39 is 15.6 Å². The third-order valence-corrected chi connectivity index (χ3v) is 7.18. The Morgan fingerprint density at radius 3 is 2.54 bits per heavy atom. The van der Waals surface area contributed by atoms with Gasteiger partial charge in [0.2, 0.25) is 0 Å². The first-order chi connectivity index (χ1) is 13.3. The lowest BCUT2D eigenvalue weighted by molar-refractivity contribution is -0.144. The molecule has 0 aromatic heterocycles. The van der Waals surface area contributed by atoms with Crippen molar-refractivity contribution < 1.29 is 27.4 Å². The first-order valence-corrected chi connectivity index (χ1v) is 11.3. The SMILES string of the molecule is C=CC[C@@H]1O[C@H](C[C@H]2COC(C)(C)O2)[C@H](OC)[C@H]1CS(=O)(=O)c1ccccc1. The van der Waals surface area contributed by atoms with E-state index in [4.69, 9.17) is 18.9 Å². The Kier molecular flexibility index (Phi) is 6.61. The molecule has 0 bridgehead atoms. The molecule has 3 rings (SSSR count). The zero-order valence-corrected chi connectivity index (χ0v) is 17.6. The topological polar surface area (TPSA) is 71.1 Å². The van der Waals surface area contributed by atoms with E-state index in [9.17, 15) is 8.42 Å². The van der Waals surface area contributed by atoms with E-state index in [1.165, 1.54) is 0 Å². The van der Waals surface area contributed by atoms with Gasteiger partial charge in [-0.15, -0.1) is 6.58 Å². The quantitative estimate of drug-likeness (QED) is 0.614. The Hall–Kier alpha value is -1.25. The minimum Gasteiger partial charge on any atom is -0.378 e. The van der Waals surface area contributed by atoms with Gasteiger partial charge in [-0.05, 0) is 32.4 Å². The predicted molar refractivity (Wildman–Crippen MR) is 106 cm³/mol. The van der Waals surface area contributed by atoms with Crippen LogP contribution in [0, 0.1) is 5.92 Å². The highest BCUT2D eigenvalue weighted by atomic mass is 32.2. The van der Waals surface area contributed by atoms with Crippen LogP contribution in [-0.4, -0.2) is 58.1 Å². The van der Waals surface area contributed by atoms with E-state index in [1.54, 1.807) is 43.5 Å². The minimum atomic E-state index is -3.46. The standard InChI is InChI=1S/C21H30O6S/c1-5-9-18-17(14-28(22,23)16-10-7-6-8-11-16)20(24-4)19(26-18)12-15-13-25-21(2,3)27-15/h5-8,10-11,15,17-20H,1,9,12-14H2,2-4H3/t15-,17-,18-,19+,20+/m0/s1. The molecule has 0 aliphatic carbocycles. The molecular formula is C21H30O6S. The Bertz CT molecular complexity index is 760. The molecule has 0 spiro atoms. The molecule has 156 valence electrons. The van der Waals surface area contributed by atoms with Gasteiger partial charge in [0.05, 0.1) is 41.7 Å². The van der Waals surface area contributed by atoms with Crippen molar-refractivity contribution in [1.82, 2.24) is 0 Å². The van der Waals surface area contributed by atoms with Crippen LogP contribution in [0.5, 0.6) is 0 Å². The van der Waals surface area contributed by atoms with Gasteiger partial charge in [0.25, 0.3) is 0 Å². The van der Waals surface area contributed by atoms with Gasteiger partial charge in [0.1, 0.15) is 0 Å². The molecule has 0 amide bonds. The van der Waals surface area contributed by atoms with E-state index in [1.807, 2.05) is 13.8 Å². The average molecular weight is 411 g/mol. The maximum absolute atomic E-state index is 13.0. The summed E-state index contributed by atoms with van der Waals surface area (Å²) in [6.45, 7) is 8.05. The Labute approximate surface area is 167 Å². The van der Waals surface area contributed by atoms with Crippen molar-refractivity contribution in [2.45, 2.75) is 61.8 Å². The first-order valence-electron chi connectivity index (χ1n) is 9.64. The van der Waals surface area contributed by atoms with Gasteiger partial charge in [-0.2, -0.15) is 0 Å². The normalized spacial score (nSPS) is 32.5. The summed E-state index contributed by atoms with van der Waals surface area (Å²) in [6.07, 6.45) is 1.97. The summed E-state index contributed by atoms with van der Waals surface area (Å²) in [4.78, 5) is 0.319. The number of ether oxygens (including phenoxy) is 4. The number of rotatable bonds is 8. The fraction of sp³-hybridized carbons (Fsp3) is 0.619. The summed E-state index contributed by atoms with van der Waals surface area (Å²) in [5.74, 6) is -0.922. The monoisotopic (exact) mass is 410 g/mol. The summed E-state index contributed by atoms with van der Waals surface area (Å²) >= 11 is 0. The van der Waals surface area contributed by atoms with Crippen molar-refractivity contribution in [2.24, 2.45) is 5.92 Å². The maximum atomic E-state index is 13.0. The molecule has 5 atom stereocenters. The Morgan fingerprint density at radius 1 is 1.25 bits per heavy atom. The van der Waals surface area contributed by atoms with Gasteiger partial charge in [-0.3, -0.25) is 0 Å². The molecule has 0 unspecified atom stereocenters. The molecule has 6 nitrogen and oxygen atoms in total. The summed E-state index contributed by atoms with van der Waals surface area (Å²) in [6, 6.07) is 8.51.